The van der Waals surface area contributed by atoms with Gasteiger partial charge in [-0.2, -0.15) is 0 Å². The molecule has 1 N–H and O–H groups in total. The normalized spacial score (nSPS) is 11.7. The van der Waals surface area contributed by atoms with Crippen molar-refractivity contribution in [1.82, 2.24) is 0 Å². The van der Waals surface area contributed by atoms with Crippen LogP contribution in [0.3, 0.4) is 0 Å². The van der Waals surface area contributed by atoms with Gasteiger partial charge in [0.05, 0.1) is 20.1 Å². The van der Waals surface area contributed by atoms with E-state index in [1.54, 1.807) is 20.3 Å². The van der Waals surface area contributed by atoms with Crippen LogP contribution in [0, 0.1) is 0 Å². The minimum atomic E-state index is -0.844. The van der Waals surface area contributed by atoms with Crippen LogP contribution < -0.4 is 9.47 Å². The molecular weight excluding hydrogens is 268 g/mol. The maximum absolute atomic E-state index is 11.6. The molecule has 2 aromatic rings. The first-order valence-electron chi connectivity index (χ1n) is 6.63. The molecule has 110 valence electrons. The highest BCUT2D eigenvalue weighted by Crippen LogP contribution is 2.27. The highest BCUT2D eigenvalue weighted by atomic mass is 16.5. The van der Waals surface area contributed by atoms with Crippen LogP contribution in [0.4, 0.5) is 0 Å². The van der Waals surface area contributed by atoms with E-state index >= 15 is 0 Å². The van der Waals surface area contributed by atoms with Gasteiger partial charge in [0.15, 0.2) is 0 Å². The maximum Gasteiger partial charge on any atom is 0.311 e. The third kappa shape index (κ3) is 3.75. The first kappa shape index (κ1) is 14.9. The summed E-state index contributed by atoms with van der Waals surface area (Å²) in [7, 11) is 3.15. The predicted octanol–water partition coefficient (Wildman–Crippen LogP) is 3.11. The Labute approximate surface area is 123 Å². The molecule has 0 spiro atoms. The molecule has 2 rings (SSSR count). The molecular formula is C17H18O4. The van der Waals surface area contributed by atoms with E-state index < -0.39 is 11.9 Å². The van der Waals surface area contributed by atoms with Crippen molar-refractivity contribution in [3.63, 3.8) is 0 Å². The SMILES string of the molecule is COc1cc(CC(C(=O)O)c2ccccc2)cc(OC)c1. The van der Waals surface area contributed by atoms with Crippen molar-refractivity contribution in [3.8, 4) is 11.5 Å². The molecule has 0 heterocycles. The summed E-state index contributed by atoms with van der Waals surface area (Å²) in [6.07, 6.45) is 0.382. The van der Waals surface area contributed by atoms with Gasteiger partial charge in [-0.05, 0) is 29.7 Å². The van der Waals surface area contributed by atoms with Gasteiger partial charge in [-0.1, -0.05) is 30.3 Å². The van der Waals surface area contributed by atoms with Crippen molar-refractivity contribution in [1.29, 1.82) is 0 Å². The number of hydrogen-bond donors (Lipinski definition) is 1. The lowest BCUT2D eigenvalue weighted by atomic mass is 9.92. The van der Waals surface area contributed by atoms with E-state index in [0.29, 0.717) is 17.9 Å². The van der Waals surface area contributed by atoms with Crippen LogP contribution in [0.25, 0.3) is 0 Å². The van der Waals surface area contributed by atoms with E-state index in [2.05, 4.69) is 0 Å². The monoisotopic (exact) mass is 286 g/mol. The average Bonchev–Trinajstić information content (AvgIpc) is 2.52. The topological polar surface area (TPSA) is 55.8 Å². The number of hydrogen-bond acceptors (Lipinski definition) is 3. The fourth-order valence-electron chi connectivity index (χ4n) is 2.25. The fraction of sp³-hybridized carbons (Fsp3) is 0.235. The molecule has 0 fully saturated rings. The van der Waals surface area contributed by atoms with E-state index in [-0.39, 0.29) is 0 Å². The van der Waals surface area contributed by atoms with Crippen molar-refractivity contribution in [2.45, 2.75) is 12.3 Å². The summed E-state index contributed by atoms with van der Waals surface area (Å²) in [4.78, 5) is 11.6. The van der Waals surface area contributed by atoms with Gasteiger partial charge in [0, 0.05) is 6.07 Å². The van der Waals surface area contributed by atoms with Gasteiger partial charge in [0.2, 0.25) is 0 Å². The molecule has 1 unspecified atom stereocenters. The number of carboxylic acid groups (broad SMARTS) is 1. The van der Waals surface area contributed by atoms with Gasteiger partial charge < -0.3 is 14.6 Å². The van der Waals surface area contributed by atoms with Crippen LogP contribution in [0.5, 0.6) is 11.5 Å². The number of methoxy groups -OCH3 is 2. The minimum absolute atomic E-state index is 0.382. The second-order valence-electron chi connectivity index (χ2n) is 4.73. The van der Waals surface area contributed by atoms with Crippen LogP contribution in [0.15, 0.2) is 48.5 Å². The highest BCUT2D eigenvalue weighted by Gasteiger charge is 2.20. The molecule has 0 amide bonds. The Morgan fingerprint density at radius 1 is 1.05 bits per heavy atom. The van der Waals surface area contributed by atoms with Crippen molar-refractivity contribution in [3.05, 3.63) is 59.7 Å². The highest BCUT2D eigenvalue weighted by molar-refractivity contribution is 5.76. The van der Waals surface area contributed by atoms with E-state index in [1.165, 1.54) is 0 Å². The molecule has 0 saturated carbocycles. The second-order valence-corrected chi connectivity index (χ2v) is 4.73. The zero-order chi connectivity index (χ0) is 15.2. The van der Waals surface area contributed by atoms with Crippen LogP contribution in [0.1, 0.15) is 17.0 Å². The molecule has 0 bridgehead atoms. The van der Waals surface area contributed by atoms with Gasteiger partial charge >= 0.3 is 5.97 Å². The molecule has 2 aromatic carbocycles. The van der Waals surface area contributed by atoms with Crippen molar-refractivity contribution >= 4 is 5.97 Å². The number of rotatable bonds is 6. The maximum atomic E-state index is 11.6. The van der Waals surface area contributed by atoms with E-state index in [9.17, 15) is 9.90 Å². The number of benzene rings is 2. The molecule has 4 nitrogen and oxygen atoms in total. The van der Waals surface area contributed by atoms with Crippen molar-refractivity contribution in [2.24, 2.45) is 0 Å². The first-order valence-corrected chi connectivity index (χ1v) is 6.63. The van der Waals surface area contributed by atoms with Crippen LogP contribution in [0.2, 0.25) is 0 Å². The van der Waals surface area contributed by atoms with Crippen molar-refractivity contribution < 1.29 is 19.4 Å². The quantitative estimate of drug-likeness (QED) is 0.886. The molecule has 1 atom stereocenters. The average molecular weight is 286 g/mol. The third-order valence-electron chi connectivity index (χ3n) is 3.35. The third-order valence-corrected chi connectivity index (χ3v) is 3.35. The zero-order valence-corrected chi connectivity index (χ0v) is 12.1. The van der Waals surface area contributed by atoms with Gasteiger partial charge in [0.25, 0.3) is 0 Å². The smallest absolute Gasteiger partial charge is 0.311 e. The first-order chi connectivity index (χ1) is 10.1. The zero-order valence-electron chi connectivity index (χ0n) is 12.1. The van der Waals surface area contributed by atoms with Crippen LogP contribution in [-0.4, -0.2) is 25.3 Å². The predicted molar refractivity (Wildman–Crippen MR) is 80.1 cm³/mol. The fourth-order valence-corrected chi connectivity index (χ4v) is 2.25. The second kappa shape index (κ2) is 6.79. The lowest BCUT2D eigenvalue weighted by molar-refractivity contribution is -0.138. The molecule has 0 saturated heterocycles. The minimum Gasteiger partial charge on any atom is -0.497 e. The molecule has 0 radical (unpaired) electrons. The van der Waals surface area contributed by atoms with Gasteiger partial charge in [-0.25, -0.2) is 0 Å². The van der Waals surface area contributed by atoms with Crippen LogP contribution >= 0.6 is 0 Å². The number of ether oxygens (including phenoxy) is 2. The Kier molecular flexibility index (Phi) is 4.82. The lowest BCUT2D eigenvalue weighted by Crippen LogP contribution is -2.14. The summed E-state index contributed by atoms with van der Waals surface area (Å²) in [5.74, 6) is -0.130. The van der Waals surface area contributed by atoms with E-state index in [1.807, 2.05) is 42.5 Å². The molecule has 0 aliphatic rings. The van der Waals surface area contributed by atoms with E-state index in [4.69, 9.17) is 9.47 Å². The summed E-state index contributed by atoms with van der Waals surface area (Å²) < 4.78 is 10.4. The Morgan fingerprint density at radius 2 is 1.62 bits per heavy atom. The Hall–Kier alpha value is -2.49. The summed E-state index contributed by atoms with van der Waals surface area (Å²) >= 11 is 0. The summed E-state index contributed by atoms with van der Waals surface area (Å²) in [6.45, 7) is 0. The Bertz CT molecular complexity index is 585. The van der Waals surface area contributed by atoms with Gasteiger partial charge in [-0.15, -0.1) is 0 Å². The lowest BCUT2D eigenvalue weighted by Gasteiger charge is -2.14. The van der Waals surface area contributed by atoms with Crippen LogP contribution in [-0.2, 0) is 11.2 Å². The van der Waals surface area contributed by atoms with Crippen molar-refractivity contribution in [2.75, 3.05) is 14.2 Å². The standard InChI is InChI=1S/C17H18O4/c1-20-14-8-12(9-15(11-14)21-2)10-16(17(18)19)13-6-4-3-5-7-13/h3-9,11,16H,10H2,1-2H3,(H,18,19). The molecule has 0 aliphatic heterocycles. The van der Waals surface area contributed by atoms with E-state index in [0.717, 1.165) is 11.1 Å². The van der Waals surface area contributed by atoms with Gasteiger partial charge in [0.1, 0.15) is 11.5 Å². The number of carbonyl (C=O) groups is 1. The largest absolute Gasteiger partial charge is 0.497 e. The molecule has 0 aromatic heterocycles. The number of aliphatic carboxylic acids is 1. The Balaban J connectivity index is 2.31. The summed E-state index contributed by atoms with van der Waals surface area (Å²) in [5.41, 5.74) is 1.65. The molecule has 4 heteroatoms. The Morgan fingerprint density at radius 3 is 2.10 bits per heavy atom. The number of carboxylic acids is 1. The van der Waals surface area contributed by atoms with Gasteiger partial charge in [-0.3, -0.25) is 4.79 Å². The summed E-state index contributed by atoms with van der Waals surface area (Å²) in [5, 5.41) is 9.48. The summed E-state index contributed by atoms with van der Waals surface area (Å²) in [6, 6.07) is 14.7. The molecule has 21 heavy (non-hydrogen) atoms. The molecule has 0 aliphatic carbocycles.